The maximum Gasteiger partial charge on any atom is 0.317 e. The number of amides is 2. The Morgan fingerprint density at radius 2 is 2.00 bits per heavy atom. The molecule has 84 valence electrons. The summed E-state index contributed by atoms with van der Waals surface area (Å²) in [6.45, 7) is 7.47. The average molecular weight is 202 g/mol. The van der Waals surface area contributed by atoms with Gasteiger partial charge >= 0.3 is 6.03 Å². The number of urea groups is 1. The fraction of sp³-hybridized carbons (Fsp3) is 0.900. The van der Waals surface area contributed by atoms with Gasteiger partial charge in [0.2, 0.25) is 0 Å². The Morgan fingerprint density at radius 1 is 1.43 bits per heavy atom. The van der Waals surface area contributed by atoms with Gasteiger partial charge in [-0.3, -0.25) is 0 Å². The summed E-state index contributed by atoms with van der Waals surface area (Å²) in [5, 5.41) is 2.64. The Morgan fingerprint density at radius 3 is 2.36 bits per heavy atom. The SMILES string of the molecule is CNC(=O)N(CCCOC)C(C)(C)C. The van der Waals surface area contributed by atoms with Crippen LogP contribution in [0.2, 0.25) is 0 Å². The lowest BCUT2D eigenvalue weighted by Gasteiger charge is -2.35. The summed E-state index contributed by atoms with van der Waals surface area (Å²) in [4.78, 5) is 13.3. The predicted molar refractivity (Wildman–Crippen MR) is 57.4 cm³/mol. The van der Waals surface area contributed by atoms with Crippen LogP contribution >= 0.6 is 0 Å². The second kappa shape index (κ2) is 5.86. The van der Waals surface area contributed by atoms with Gasteiger partial charge in [0.15, 0.2) is 0 Å². The van der Waals surface area contributed by atoms with E-state index >= 15 is 0 Å². The van der Waals surface area contributed by atoms with E-state index in [0.717, 1.165) is 13.0 Å². The van der Waals surface area contributed by atoms with Crippen LogP contribution in [0.4, 0.5) is 4.79 Å². The quantitative estimate of drug-likeness (QED) is 0.701. The van der Waals surface area contributed by atoms with E-state index in [4.69, 9.17) is 4.74 Å². The first-order valence-electron chi connectivity index (χ1n) is 4.91. The molecule has 0 atom stereocenters. The summed E-state index contributed by atoms with van der Waals surface area (Å²) in [7, 11) is 3.32. The molecule has 0 spiro atoms. The Hall–Kier alpha value is -0.770. The van der Waals surface area contributed by atoms with Crippen molar-refractivity contribution in [3.05, 3.63) is 0 Å². The van der Waals surface area contributed by atoms with Crippen LogP contribution in [0.25, 0.3) is 0 Å². The van der Waals surface area contributed by atoms with Gasteiger partial charge in [0.05, 0.1) is 0 Å². The van der Waals surface area contributed by atoms with Crippen molar-refractivity contribution < 1.29 is 9.53 Å². The van der Waals surface area contributed by atoms with Gasteiger partial charge in [-0.25, -0.2) is 4.79 Å². The van der Waals surface area contributed by atoms with E-state index in [-0.39, 0.29) is 11.6 Å². The molecule has 0 bridgehead atoms. The topological polar surface area (TPSA) is 41.6 Å². The van der Waals surface area contributed by atoms with Crippen LogP contribution in [0, 0.1) is 0 Å². The second-order valence-electron chi connectivity index (χ2n) is 4.22. The van der Waals surface area contributed by atoms with Gasteiger partial charge < -0.3 is 15.0 Å². The zero-order valence-electron chi connectivity index (χ0n) is 9.89. The standard InChI is InChI=1S/C10H22N2O2/c1-10(2,3)12(9(13)11-4)7-6-8-14-5/h6-8H2,1-5H3,(H,11,13). The van der Waals surface area contributed by atoms with Crippen molar-refractivity contribution in [1.29, 1.82) is 0 Å². The molecular formula is C10H22N2O2. The van der Waals surface area contributed by atoms with Crippen molar-refractivity contribution in [3.63, 3.8) is 0 Å². The van der Waals surface area contributed by atoms with Crippen LogP contribution in [0.1, 0.15) is 27.2 Å². The van der Waals surface area contributed by atoms with E-state index in [0.29, 0.717) is 6.61 Å². The number of rotatable bonds is 4. The summed E-state index contributed by atoms with van der Waals surface area (Å²) in [5.41, 5.74) is -0.145. The summed E-state index contributed by atoms with van der Waals surface area (Å²) in [6.07, 6.45) is 0.862. The monoisotopic (exact) mass is 202 g/mol. The van der Waals surface area contributed by atoms with Gasteiger partial charge in [0.25, 0.3) is 0 Å². The first-order valence-corrected chi connectivity index (χ1v) is 4.91. The highest BCUT2D eigenvalue weighted by molar-refractivity contribution is 5.74. The average Bonchev–Trinajstić information content (AvgIpc) is 2.09. The molecule has 0 radical (unpaired) electrons. The molecule has 0 aromatic carbocycles. The molecule has 0 aliphatic rings. The molecule has 0 aliphatic heterocycles. The summed E-state index contributed by atoms with van der Waals surface area (Å²) in [5.74, 6) is 0. The largest absolute Gasteiger partial charge is 0.385 e. The molecule has 0 heterocycles. The minimum absolute atomic E-state index is 0.0337. The number of hydrogen-bond donors (Lipinski definition) is 1. The van der Waals surface area contributed by atoms with E-state index in [1.165, 1.54) is 0 Å². The molecule has 0 aromatic heterocycles. The van der Waals surface area contributed by atoms with Crippen LogP contribution < -0.4 is 5.32 Å². The smallest absolute Gasteiger partial charge is 0.317 e. The summed E-state index contributed by atoms with van der Waals surface area (Å²) in [6, 6.07) is -0.0337. The number of carbonyl (C=O) groups excluding carboxylic acids is 1. The Kier molecular flexibility index (Phi) is 5.53. The van der Waals surface area contributed by atoms with Gasteiger partial charge in [-0.15, -0.1) is 0 Å². The molecule has 0 rings (SSSR count). The van der Waals surface area contributed by atoms with Crippen molar-refractivity contribution in [3.8, 4) is 0 Å². The first kappa shape index (κ1) is 13.2. The van der Waals surface area contributed by atoms with Crippen molar-refractivity contribution in [2.24, 2.45) is 0 Å². The van der Waals surface area contributed by atoms with E-state index in [1.807, 2.05) is 25.7 Å². The molecule has 4 heteroatoms. The predicted octanol–water partition coefficient (Wildman–Crippen LogP) is 1.46. The third-order valence-electron chi connectivity index (χ3n) is 2.00. The highest BCUT2D eigenvalue weighted by atomic mass is 16.5. The molecule has 0 fully saturated rings. The minimum Gasteiger partial charge on any atom is -0.385 e. The van der Waals surface area contributed by atoms with E-state index in [1.54, 1.807) is 14.2 Å². The third kappa shape index (κ3) is 4.46. The molecule has 0 aliphatic carbocycles. The highest BCUT2D eigenvalue weighted by Gasteiger charge is 2.24. The highest BCUT2D eigenvalue weighted by Crippen LogP contribution is 2.13. The molecule has 1 N–H and O–H groups in total. The molecule has 0 unspecified atom stereocenters. The normalized spacial score (nSPS) is 11.2. The summed E-state index contributed by atoms with van der Waals surface area (Å²) < 4.78 is 4.96. The van der Waals surface area contributed by atoms with Crippen LogP contribution in [-0.2, 0) is 4.74 Å². The van der Waals surface area contributed by atoms with Crippen molar-refractivity contribution in [1.82, 2.24) is 10.2 Å². The number of nitrogens with zero attached hydrogens (tertiary/aromatic N) is 1. The van der Waals surface area contributed by atoms with Crippen molar-refractivity contribution >= 4 is 6.03 Å². The first-order chi connectivity index (χ1) is 6.43. The number of hydrogen-bond acceptors (Lipinski definition) is 2. The van der Waals surface area contributed by atoms with Crippen LogP contribution in [0.5, 0.6) is 0 Å². The van der Waals surface area contributed by atoms with Gasteiger partial charge in [0, 0.05) is 32.8 Å². The Bertz CT molecular complexity index is 175. The third-order valence-corrected chi connectivity index (χ3v) is 2.00. The fourth-order valence-electron chi connectivity index (χ4n) is 1.24. The molecule has 2 amide bonds. The van der Waals surface area contributed by atoms with Crippen molar-refractivity contribution in [2.75, 3.05) is 27.3 Å². The van der Waals surface area contributed by atoms with Gasteiger partial charge in [-0.1, -0.05) is 0 Å². The van der Waals surface area contributed by atoms with E-state index in [2.05, 4.69) is 5.32 Å². The van der Waals surface area contributed by atoms with Gasteiger partial charge in [-0.05, 0) is 27.2 Å². The Labute approximate surface area is 86.6 Å². The maximum absolute atomic E-state index is 11.5. The van der Waals surface area contributed by atoms with Crippen LogP contribution in [0.15, 0.2) is 0 Å². The summed E-state index contributed by atoms with van der Waals surface area (Å²) >= 11 is 0. The lowest BCUT2D eigenvalue weighted by Crippen LogP contribution is -2.50. The molecular weight excluding hydrogens is 180 g/mol. The van der Waals surface area contributed by atoms with E-state index in [9.17, 15) is 4.79 Å². The number of methoxy groups -OCH3 is 1. The number of carbonyl (C=O) groups is 1. The molecule has 0 aromatic rings. The van der Waals surface area contributed by atoms with Crippen LogP contribution in [-0.4, -0.2) is 43.8 Å². The molecule has 14 heavy (non-hydrogen) atoms. The van der Waals surface area contributed by atoms with Crippen LogP contribution in [0.3, 0.4) is 0 Å². The Balaban J connectivity index is 4.19. The van der Waals surface area contributed by atoms with Gasteiger partial charge in [0.1, 0.15) is 0 Å². The number of ether oxygens (including phenoxy) is 1. The molecule has 4 nitrogen and oxygen atoms in total. The zero-order chi connectivity index (χ0) is 11.2. The van der Waals surface area contributed by atoms with Crippen molar-refractivity contribution in [2.45, 2.75) is 32.7 Å². The fourth-order valence-corrected chi connectivity index (χ4v) is 1.24. The second-order valence-corrected chi connectivity index (χ2v) is 4.22. The van der Waals surface area contributed by atoms with Gasteiger partial charge in [-0.2, -0.15) is 0 Å². The number of nitrogens with one attached hydrogen (secondary N) is 1. The maximum atomic E-state index is 11.5. The molecule has 0 saturated heterocycles. The zero-order valence-corrected chi connectivity index (χ0v) is 9.89. The minimum atomic E-state index is -0.145. The molecule has 0 saturated carbocycles. The lowest BCUT2D eigenvalue weighted by molar-refractivity contribution is 0.128. The lowest BCUT2D eigenvalue weighted by atomic mass is 10.1. The van der Waals surface area contributed by atoms with E-state index < -0.39 is 0 Å².